The third-order valence-electron chi connectivity index (χ3n) is 2.62. The summed E-state index contributed by atoms with van der Waals surface area (Å²) in [6.07, 6.45) is 11.6. The number of hydrogen-bond donors (Lipinski definition) is 1. The van der Waals surface area contributed by atoms with Crippen LogP contribution in [0.1, 0.15) is 18.4 Å². The first kappa shape index (κ1) is 10.9. The Balaban J connectivity index is 1.89. The molecule has 1 unspecified atom stereocenters. The van der Waals surface area contributed by atoms with Crippen molar-refractivity contribution in [1.29, 1.82) is 0 Å². The molecule has 0 saturated heterocycles. The maximum Gasteiger partial charge on any atom is 0.0758 e. The van der Waals surface area contributed by atoms with E-state index in [0.717, 1.165) is 12.8 Å². The summed E-state index contributed by atoms with van der Waals surface area (Å²) < 4.78 is 0. The normalized spacial score (nSPS) is 20.1. The molecule has 1 aromatic rings. The molecule has 1 aromatic carbocycles. The quantitative estimate of drug-likeness (QED) is 0.814. The fourth-order valence-electron chi connectivity index (χ4n) is 1.70. The standard InChI is InChI=1S/C15H16O/c16-15-11-9-14(10-12-15)8-4-7-13-5-2-1-3-6-13/h1-7,9-11,15-16H,8,12H2. The predicted molar refractivity (Wildman–Crippen MR) is 67.9 cm³/mol. The van der Waals surface area contributed by atoms with Gasteiger partial charge in [-0.05, 0) is 24.0 Å². The molecule has 0 aromatic heterocycles. The van der Waals surface area contributed by atoms with Crippen molar-refractivity contribution in [1.82, 2.24) is 0 Å². The molecule has 1 aliphatic rings. The van der Waals surface area contributed by atoms with Crippen LogP contribution in [0.5, 0.6) is 0 Å². The first-order valence-corrected chi connectivity index (χ1v) is 5.61. The summed E-state index contributed by atoms with van der Waals surface area (Å²) in [5, 5.41) is 9.28. The van der Waals surface area contributed by atoms with E-state index in [1.54, 1.807) is 0 Å². The molecule has 1 nitrogen and oxygen atoms in total. The van der Waals surface area contributed by atoms with Crippen LogP contribution in [0, 0.1) is 0 Å². The van der Waals surface area contributed by atoms with Gasteiger partial charge in [-0.1, -0.05) is 60.7 Å². The van der Waals surface area contributed by atoms with Crippen molar-refractivity contribution in [3.8, 4) is 0 Å². The van der Waals surface area contributed by atoms with Crippen molar-refractivity contribution in [3.05, 3.63) is 65.8 Å². The smallest absolute Gasteiger partial charge is 0.0758 e. The second-order valence-corrected chi connectivity index (χ2v) is 3.96. The van der Waals surface area contributed by atoms with Crippen LogP contribution in [0.2, 0.25) is 0 Å². The third kappa shape index (κ3) is 3.21. The molecule has 0 spiro atoms. The number of benzene rings is 1. The Morgan fingerprint density at radius 3 is 2.75 bits per heavy atom. The molecule has 1 N–H and O–H groups in total. The molecule has 1 atom stereocenters. The van der Waals surface area contributed by atoms with Crippen molar-refractivity contribution < 1.29 is 5.11 Å². The average molecular weight is 212 g/mol. The van der Waals surface area contributed by atoms with Crippen molar-refractivity contribution in [2.24, 2.45) is 0 Å². The van der Waals surface area contributed by atoms with Crippen molar-refractivity contribution in [2.45, 2.75) is 18.9 Å². The number of rotatable bonds is 3. The molecule has 16 heavy (non-hydrogen) atoms. The van der Waals surface area contributed by atoms with E-state index in [-0.39, 0.29) is 6.10 Å². The van der Waals surface area contributed by atoms with Gasteiger partial charge in [-0.3, -0.25) is 0 Å². The minimum absolute atomic E-state index is 0.290. The Labute approximate surface area is 96.4 Å². The van der Waals surface area contributed by atoms with Crippen LogP contribution in [0.15, 0.2) is 60.2 Å². The summed E-state index contributed by atoms with van der Waals surface area (Å²) >= 11 is 0. The monoisotopic (exact) mass is 212 g/mol. The van der Waals surface area contributed by atoms with Gasteiger partial charge < -0.3 is 5.11 Å². The maximum absolute atomic E-state index is 9.28. The van der Waals surface area contributed by atoms with Gasteiger partial charge in [-0.25, -0.2) is 0 Å². The summed E-state index contributed by atoms with van der Waals surface area (Å²) in [5.74, 6) is 0. The van der Waals surface area contributed by atoms with Crippen molar-refractivity contribution >= 4 is 6.08 Å². The van der Waals surface area contributed by atoms with Crippen LogP contribution in [0.3, 0.4) is 0 Å². The van der Waals surface area contributed by atoms with Crippen LogP contribution < -0.4 is 0 Å². The third-order valence-corrected chi connectivity index (χ3v) is 2.62. The molecule has 82 valence electrons. The molecule has 0 radical (unpaired) electrons. The van der Waals surface area contributed by atoms with Gasteiger partial charge in [0.25, 0.3) is 0 Å². The van der Waals surface area contributed by atoms with Crippen LogP contribution in [0.25, 0.3) is 6.08 Å². The van der Waals surface area contributed by atoms with Gasteiger partial charge in [0.05, 0.1) is 6.10 Å². The maximum atomic E-state index is 9.28. The van der Waals surface area contributed by atoms with Gasteiger partial charge in [-0.15, -0.1) is 0 Å². The Morgan fingerprint density at radius 2 is 2.06 bits per heavy atom. The van der Waals surface area contributed by atoms with Crippen molar-refractivity contribution in [3.63, 3.8) is 0 Å². The first-order valence-electron chi connectivity index (χ1n) is 5.61. The molecule has 0 bridgehead atoms. The zero-order valence-electron chi connectivity index (χ0n) is 9.21. The summed E-state index contributed by atoms with van der Waals surface area (Å²) in [6, 6.07) is 10.3. The molecule has 2 rings (SSSR count). The van der Waals surface area contributed by atoms with E-state index < -0.39 is 0 Å². The lowest BCUT2D eigenvalue weighted by Gasteiger charge is -2.09. The molecule has 0 saturated carbocycles. The lowest BCUT2D eigenvalue weighted by molar-refractivity contribution is 0.225. The molecular weight excluding hydrogens is 196 g/mol. The molecule has 0 fully saturated rings. The number of aliphatic hydroxyl groups excluding tert-OH is 1. The molecule has 0 heterocycles. The van der Waals surface area contributed by atoms with Crippen LogP contribution in [-0.4, -0.2) is 11.2 Å². The van der Waals surface area contributed by atoms with Gasteiger partial charge >= 0.3 is 0 Å². The Kier molecular flexibility index (Phi) is 3.73. The summed E-state index contributed by atoms with van der Waals surface area (Å²) in [5.41, 5.74) is 2.50. The van der Waals surface area contributed by atoms with E-state index in [2.05, 4.69) is 30.4 Å². The number of hydrogen-bond acceptors (Lipinski definition) is 1. The van der Waals surface area contributed by atoms with Gasteiger partial charge in [0.1, 0.15) is 0 Å². The SMILES string of the molecule is OC1C=CC(CC=Cc2ccccc2)=CC1. The highest BCUT2D eigenvalue weighted by molar-refractivity contribution is 5.49. The lowest BCUT2D eigenvalue weighted by Crippen LogP contribution is -2.03. The summed E-state index contributed by atoms with van der Waals surface area (Å²) in [4.78, 5) is 0. The van der Waals surface area contributed by atoms with Crippen molar-refractivity contribution in [2.75, 3.05) is 0 Å². The Hall–Kier alpha value is -1.60. The molecule has 0 aliphatic heterocycles. The molecule has 1 aliphatic carbocycles. The van der Waals surface area contributed by atoms with E-state index in [4.69, 9.17) is 0 Å². The molecular formula is C15H16O. The van der Waals surface area contributed by atoms with Crippen LogP contribution in [-0.2, 0) is 0 Å². The predicted octanol–water partition coefficient (Wildman–Crippen LogP) is 3.34. The Bertz CT molecular complexity index is 412. The van der Waals surface area contributed by atoms with Crippen LogP contribution >= 0.6 is 0 Å². The fourth-order valence-corrected chi connectivity index (χ4v) is 1.70. The zero-order chi connectivity index (χ0) is 11.2. The summed E-state index contributed by atoms with van der Waals surface area (Å²) in [6.45, 7) is 0. The molecule has 0 amide bonds. The molecule has 1 heteroatoms. The first-order chi connectivity index (χ1) is 7.84. The largest absolute Gasteiger partial charge is 0.389 e. The second kappa shape index (κ2) is 5.47. The second-order valence-electron chi connectivity index (χ2n) is 3.96. The van der Waals surface area contributed by atoms with E-state index >= 15 is 0 Å². The van der Waals surface area contributed by atoms with Gasteiger partial charge in [0.2, 0.25) is 0 Å². The van der Waals surface area contributed by atoms with E-state index in [0.29, 0.717) is 0 Å². The highest BCUT2D eigenvalue weighted by Crippen LogP contribution is 2.14. The minimum Gasteiger partial charge on any atom is -0.389 e. The topological polar surface area (TPSA) is 20.2 Å². The minimum atomic E-state index is -0.290. The fraction of sp³-hybridized carbons (Fsp3) is 0.200. The number of allylic oxidation sites excluding steroid dienone is 3. The van der Waals surface area contributed by atoms with E-state index in [9.17, 15) is 5.11 Å². The highest BCUT2D eigenvalue weighted by atomic mass is 16.3. The van der Waals surface area contributed by atoms with E-state index in [1.807, 2.05) is 30.4 Å². The van der Waals surface area contributed by atoms with Gasteiger partial charge in [0.15, 0.2) is 0 Å². The zero-order valence-corrected chi connectivity index (χ0v) is 9.21. The van der Waals surface area contributed by atoms with Gasteiger partial charge in [0, 0.05) is 0 Å². The van der Waals surface area contributed by atoms with Crippen LogP contribution in [0.4, 0.5) is 0 Å². The number of aliphatic hydroxyl groups is 1. The van der Waals surface area contributed by atoms with Gasteiger partial charge in [-0.2, -0.15) is 0 Å². The highest BCUT2D eigenvalue weighted by Gasteiger charge is 2.02. The Morgan fingerprint density at radius 1 is 1.25 bits per heavy atom. The average Bonchev–Trinajstić information content (AvgIpc) is 2.33. The lowest BCUT2D eigenvalue weighted by atomic mass is 10.0. The van der Waals surface area contributed by atoms with E-state index in [1.165, 1.54) is 11.1 Å². The summed E-state index contributed by atoms with van der Waals surface area (Å²) in [7, 11) is 0.